The zero-order valence-electron chi connectivity index (χ0n) is 16.2. The summed E-state index contributed by atoms with van der Waals surface area (Å²) in [5.74, 6) is 1.27. The zero-order valence-corrected chi connectivity index (χ0v) is 17.0. The number of nitro benzene ring substituents is 1. The second kappa shape index (κ2) is 9.57. The Morgan fingerprint density at radius 3 is 2.72 bits per heavy atom. The summed E-state index contributed by atoms with van der Waals surface area (Å²) in [6, 6.07) is 8.59. The van der Waals surface area contributed by atoms with Gasteiger partial charge >= 0.3 is 0 Å². The van der Waals surface area contributed by atoms with Crippen LogP contribution in [0.1, 0.15) is 11.1 Å². The highest BCUT2D eigenvalue weighted by Gasteiger charge is 2.19. The Morgan fingerprint density at radius 2 is 2.07 bits per heavy atom. The Morgan fingerprint density at radius 1 is 1.31 bits per heavy atom. The van der Waals surface area contributed by atoms with Gasteiger partial charge in [-0.3, -0.25) is 20.4 Å². The number of nitrogens with two attached hydrogens (primary N) is 1. The fraction of sp³-hybridized carbons (Fsp3) is 0.368. The van der Waals surface area contributed by atoms with E-state index in [1.54, 1.807) is 25.4 Å². The first-order valence-electron chi connectivity index (χ1n) is 9.17. The molecule has 1 aromatic heterocycles. The predicted octanol–water partition coefficient (Wildman–Crippen LogP) is 2.30. The SMILES string of the molecule is COc1ccc([N+](=O)[O-])cc1CSc1ncccc1CN1CCN(C(=N)N)CC1. The normalized spacial score (nSPS) is 14.6. The number of guanidine groups is 1. The highest BCUT2D eigenvalue weighted by Crippen LogP contribution is 2.31. The van der Waals surface area contributed by atoms with Crippen LogP contribution in [0.15, 0.2) is 41.6 Å². The molecule has 3 N–H and O–H groups in total. The fourth-order valence-electron chi connectivity index (χ4n) is 3.20. The molecule has 3 rings (SSSR count). The number of benzene rings is 1. The molecule has 1 aliphatic heterocycles. The van der Waals surface area contributed by atoms with E-state index in [9.17, 15) is 10.1 Å². The third-order valence-electron chi connectivity index (χ3n) is 4.80. The number of ether oxygens (including phenoxy) is 1. The van der Waals surface area contributed by atoms with Crippen molar-refractivity contribution >= 4 is 23.4 Å². The number of rotatable bonds is 7. The maximum atomic E-state index is 11.1. The topological polar surface area (TPSA) is 122 Å². The van der Waals surface area contributed by atoms with Crippen LogP contribution in [-0.4, -0.2) is 59.0 Å². The number of methoxy groups -OCH3 is 1. The summed E-state index contributed by atoms with van der Waals surface area (Å²) in [6.45, 7) is 3.90. The first-order valence-corrected chi connectivity index (χ1v) is 10.2. The van der Waals surface area contributed by atoms with Gasteiger partial charge in [-0.15, -0.1) is 11.8 Å². The molecule has 9 nitrogen and oxygen atoms in total. The zero-order chi connectivity index (χ0) is 20.8. The molecule has 2 heterocycles. The van der Waals surface area contributed by atoms with Crippen molar-refractivity contribution in [3.05, 3.63) is 57.8 Å². The van der Waals surface area contributed by atoms with Gasteiger partial charge in [-0.25, -0.2) is 4.98 Å². The minimum absolute atomic E-state index is 0.0472. The molecule has 1 aliphatic rings. The first-order chi connectivity index (χ1) is 14.0. The van der Waals surface area contributed by atoms with Crippen molar-refractivity contribution in [2.24, 2.45) is 5.73 Å². The molecule has 0 radical (unpaired) electrons. The van der Waals surface area contributed by atoms with E-state index < -0.39 is 4.92 Å². The molecule has 10 heteroatoms. The van der Waals surface area contributed by atoms with E-state index in [4.69, 9.17) is 15.9 Å². The number of non-ortho nitro benzene ring substituents is 1. The average Bonchev–Trinajstić information content (AvgIpc) is 2.73. The van der Waals surface area contributed by atoms with E-state index in [0.717, 1.165) is 48.9 Å². The van der Waals surface area contributed by atoms with Gasteiger partial charge in [-0.05, 0) is 17.7 Å². The molecule has 29 heavy (non-hydrogen) atoms. The van der Waals surface area contributed by atoms with Gasteiger partial charge in [0.15, 0.2) is 5.96 Å². The Labute approximate surface area is 173 Å². The van der Waals surface area contributed by atoms with Crippen molar-refractivity contribution in [2.75, 3.05) is 33.3 Å². The summed E-state index contributed by atoms with van der Waals surface area (Å²) in [5, 5.41) is 19.5. The molecule has 1 fully saturated rings. The van der Waals surface area contributed by atoms with Crippen molar-refractivity contribution < 1.29 is 9.66 Å². The molecular weight excluding hydrogens is 392 g/mol. The highest BCUT2D eigenvalue weighted by atomic mass is 32.2. The number of nitrogens with zero attached hydrogens (tertiary/aromatic N) is 4. The maximum absolute atomic E-state index is 11.1. The second-order valence-corrected chi connectivity index (χ2v) is 7.62. The summed E-state index contributed by atoms with van der Waals surface area (Å²) >= 11 is 1.54. The largest absolute Gasteiger partial charge is 0.496 e. The van der Waals surface area contributed by atoms with Crippen LogP contribution >= 0.6 is 11.8 Å². The van der Waals surface area contributed by atoms with Gasteiger partial charge < -0.3 is 15.4 Å². The molecule has 2 aromatic rings. The van der Waals surface area contributed by atoms with Gasteiger partial charge in [0.05, 0.1) is 12.0 Å². The summed E-state index contributed by atoms with van der Waals surface area (Å²) in [6.07, 6.45) is 1.75. The van der Waals surface area contributed by atoms with E-state index in [1.807, 2.05) is 11.0 Å². The Hall–Kier alpha value is -2.85. The van der Waals surface area contributed by atoms with E-state index in [0.29, 0.717) is 11.5 Å². The molecule has 0 bridgehead atoms. The Kier molecular flexibility index (Phi) is 6.89. The van der Waals surface area contributed by atoms with Crippen LogP contribution in [0.4, 0.5) is 5.69 Å². The van der Waals surface area contributed by atoms with E-state index in [2.05, 4.69) is 16.0 Å². The maximum Gasteiger partial charge on any atom is 0.270 e. The third kappa shape index (κ3) is 5.36. The van der Waals surface area contributed by atoms with Crippen LogP contribution in [0.2, 0.25) is 0 Å². The molecule has 0 atom stereocenters. The number of pyridine rings is 1. The molecule has 154 valence electrons. The van der Waals surface area contributed by atoms with E-state index >= 15 is 0 Å². The molecule has 0 unspecified atom stereocenters. The lowest BCUT2D eigenvalue weighted by Gasteiger charge is -2.35. The van der Waals surface area contributed by atoms with Crippen molar-refractivity contribution in [3.63, 3.8) is 0 Å². The standard InChI is InChI=1S/C19H24N6O3S/c1-28-17-5-4-16(25(26)27)11-15(17)13-29-18-14(3-2-6-22-18)12-23-7-9-24(10-8-23)19(20)21/h2-6,11H,7-10,12-13H2,1H3,(H3,20,21). The quantitative estimate of drug-likeness (QED) is 0.232. The number of hydrogen-bond acceptors (Lipinski definition) is 7. The second-order valence-electron chi connectivity index (χ2n) is 6.66. The summed E-state index contributed by atoms with van der Waals surface area (Å²) < 4.78 is 5.35. The molecule has 1 saturated heterocycles. The smallest absolute Gasteiger partial charge is 0.270 e. The molecule has 1 aromatic carbocycles. The van der Waals surface area contributed by atoms with Gasteiger partial charge in [-0.2, -0.15) is 0 Å². The van der Waals surface area contributed by atoms with E-state index in [1.165, 1.54) is 17.8 Å². The fourth-order valence-corrected chi connectivity index (χ4v) is 4.17. The van der Waals surface area contributed by atoms with Crippen LogP contribution in [0, 0.1) is 15.5 Å². The van der Waals surface area contributed by atoms with Crippen molar-refractivity contribution in [2.45, 2.75) is 17.3 Å². The van der Waals surface area contributed by atoms with Gasteiger partial charge in [0, 0.05) is 62.4 Å². The van der Waals surface area contributed by atoms with Crippen molar-refractivity contribution in [1.82, 2.24) is 14.8 Å². The highest BCUT2D eigenvalue weighted by molar-refractivity contribution is 7.98. The van der Waals surface area contributed by atoms with Gasteiger partial charge in [0.1, 0.15) is 10.8 Å². The minimum atomic E-state index is -0.402. The number of nitrogens with one attached hydrogen (secondary N) is 1. The predicted molar refractivity (Wildman–Crippen MR) is 112 cm³/mol. The molecule has 0 aliphatic carbocycles. The van der Waals surface area contributed by atoms with E-state index in [-0.39, 0.29) is 11.6 Å². The number of nitro groups is 1. The van der Waals surface area contributed by atoms with Gasteiger partial charge in [0.25, 0.3) is 5.69 Å². The van der Waals surface area contributed by atoms with Crippen molar-refractivity contribution in [1.29, 1.82) is 5.41 Å². The minimum Gasteiger partial charge on any atom is -0.496 e. The van der Waals surface area contributed by atoms with Gasteiger partial charge in [0.2, 0.25) is 0 Å². The monoisotopic (exact) mass is 416 g/mol. The number of hydrogen-bond donors (Lipinski definition) is 2. The summed E-state index contributed by atoms with van der Waals surface area (Å²) in [4.78, 5) is 19.4. The lowest BCUT2D eigenvalue weighted by Crippen LogP contribution is -2.50. The number of aromatic nitrogens is 1. The van der Waals surface area contributed by atoms with Crippen LogP contribution in [0.25, 0.3) is 0 Å². The Balaban J connectivity index is 1.68. The van der Waals surface area contributed by atoms with Crippen molar-refractivity contribution in [3.8, 4) is 5.75 Å². The van der Waals surface area contributed by atoms with Crippen LogP contribution in [0.3, 0.4) is 0 Å². The Bertz CT molecular complexity index is 886. The number of thioether (sulfide) groups is 1. The first kappa shape index (κ1) is 20.9. The average molecular weight is 417 g/mol. The number of piperazine rings is 1. The molecule has 0 saturated carbocycles. The lowest BCUT2D eigenvalue weighted by molar-refractivity contribution is -0.384. The van der Waals surface area contributed by atoms with Gasteiger partial charge in [-0.1, -0.05) is 6.07 Å². The molecular formula is C19H24N6O3S. The summed E-state index contributed by atoms with van der Waals surface area (Å²) in [7, 11) is 1.56. The molecule has 0 spiro atoms. The third-order valence-corrected chi connectivity index (χ3v) is 5.89. The summed E-state index contributed by atoms with van der Waals surface area (Å²) in [5.41, 5.74) is 7.48. The van der Waals surface area contributed by atoms with Crippen LogP contribution < -0.4 is 10.5 Å². The van der Waals surface area contributed by atoms with Crippen LogP contribution in [0.5, 0.6) is 5.75 Å². The lowest BCUT2D eigenvalue weighted by atomic mass is 10.2. The van der Waals surface area contributed by atoms with Crippen LogP contribution in [-0.2, 0) is 12.3 Å². The molecule has 0 amide bonds.